The molecule has 0 aromatic carbocycles. The van der Waals surface area contributed by atoms with E-state index >= 15 is 0 Å². The molecule has 1 aliphatic rings. The van der Waals surface area contributed by atoms with Crippen LogP contribution in [0.3, 0.4) is 0 Å². The predicted octanol–water partition coefficient (Wildman–Crippen LogP) is 1.21. The van der Waals surface area contributed by atoms with Crippen LogP contribution in [-0.2, 0) is 11.3 Å². The maximum Gasteiger partial charge on any atom is 0.241 e. The van der Waals surface area contributed by atoms with Gasteiger partial charge in [-0.15, -0.1) is 0 Å². The van der Waals surface area contributed by atoms with Crippen molar-refractivity contribution in [1.29, 1.82) is 0 Å². The number of carbonyl (C=O) groups is 1. The number of carbonyl (C=O) groups excluding carboxylic acids is 1. The van der Waals surface area contributed by atoms with Gasteiger partial charge < -0.3 is 20.4 Å². The molecule has 1 aliphatic carbocycles. The minimum Gasteiger partial charge on any atom is -0.363 e. The molecule has 25 heavy (non-hydrogen) atoms. The summed E-state index contributed by atoms with van der Waals surface area (Å²) in [7, 11) is 7.44. The zero-order chi connectivity index (χ0) is 18.2. The van der Waals surface area contributed by atoms with E-state index in [-0.39, 0.29) is 12.5 Å². The minimum absolute atomic E-state index is 0.0219. The standard InChI is InChI=1S/C18H30N6O/c1-23(2)16-11-7-10-15(21-16)12-19-18(20-13-17(25)24(3)4)22-14-8-5-6-9-14/h7,10-11,14H,5-6,8-9,12-13H2,1-4H3,(H2,19,20,22). The third-order valence-electron chi connectivity index (χ3n) is 4.25. The van der Waals surface area contributed by atoms with Gasteiger partial charge in [0.1, 0.15) is 5.82 Å². The highest BCUT2D eigenvalue weighted by Gasteiger charge is 2.16. The molecule has 0 atom stereocenters. The van der Waals surface area contributed by atoms with Crippen molar-refractivity contribution < 1.29 is 4.79 Å². The number of guanidine groups is 1. The number of pyridine rings is 1. The third-order valence-corrected chi connectivity index (χ3v) is 4.25. The quantitative estimate of drug-likeness (QED) is 0.598. The van der Waals surface area contributed by atoms with Crippen LogP contribution in [0.15, 0.2) is 23.2 Å². The van der Waals surface area contributed by atoms with Crippen LogP contribution < -0.4 is 15.5 Å². The summed E-state index contributed by atoms with van der Waals surface area (Å²) in [5, 5.41) is 6.59. The average molecular weight is 346 g/mol. The van der Waals surface area contributed by atoms with Crippen LogP contribution in [0.5, 0.6) is 0 Å². The topological polar surface area (TPSA) is 72.9 Å². The van der Waals surface area contributed by atoms with E-state index in [1.165, 1.54) is 12.8 Å². The molecule has 1 amide bonds. The molecule has 2 rings (SSSR count). The molecule has 0 unspecified atom stereocenters. The van der Waals surface area contributed by atoms with E-state index in [2.05, 4.69) is 20.6 Å². The van der Waals surface area contributed by atoms with Crippen molar-refractivity contribution in [2.75, 3.05) is 39.6 Å². The van der Waals surface area contributed by atoms with Gasteiger partial charge in [0.05, 0.1) is 18.8 Å². The van der Waals surface area contributed by atoms with E-state index in [4.69, 9.17) is 0 Å². The van der Waals surface area contributed by atoms with Gasteiger partial charge in [0.2, 0.25) is 5.91 Å². The summed E-state index contributed by atoms with van der Waals surface area (Å²) in [5.74, 6) is 1.61. The molecule has 1 saturated carbocycles. The van der Waals surface area contributed by atoms with E-state index in [1.54, 1.807) is 19.0 Å². The largest absolute Gasteiger partial charge is 0.363 e. The first-order valence-electron chi connectivity index (χ1n) is 8.84. The SMILES string of the molecule is CN(C)C(=O)CNC(=NCc1cccc(N(C)C)n1)NC1CCCC1. The molecule has 1 aromatic rings. The van der Waals surface area contributed by atoms with Crippen LogP contribution >= 0.6 is 0 Å². The normalized spacial score (nSPS) is 15.1. The minimum atomic E-state index is 0.0219. The first-order chi connectivity index (χ1) is 12.0. The molecule has 138 valence electrons. The summed E-state index contributed by atoms with van der Waals surface area (Å²) >= 11 is 0. The first kappa shape index (κ1) is 19.0. The van der Waals surface area contributed by atoms with Crippen LogP contribution in [0.1, 0.15) is 31.4 Å². The molecule has 7 nitrogen and oxygen atoms in total. The Hall–Kier alpha value is -2.31. The second kappa shape index (κ2) is 9.25. The molecule has 2 N–H and O–H groups in total. The van der Waals surface area contributed by atoms with Gasteiger partial charge in [-0.2, -0.15) is 0 Å². The van der Waals surface area contributed by atoms with E-state index in [9.17, 15) is 4.79 Å². The van der Waals surface area contributed by atoms with E-state index in [0.29, 0.717) is 18.5 Å². The number of nitrogens with zero attached hydrogens (tertiary/aromatic N) is 4. The summed E-state index contributed by atoms with van der Waals surface area (Å²) in [6.07, 6.45) is 4.79. The summed E-state index contributed by atoms with van der Waals surface area (Å²) in [5.41, 5.74) is 0.901. The number of aromatic nitrogens is 1. The predicted molar refractivity (Wildman–Crippen MR) is 102 cm³/mol. The van der Waals surface area contributed by atoms with Gasteiger partial charge in [-0.1, -0.05) is 18.9 Å². The summed E-state index contributed by atoms with van der Waals surface area (Å²) in [6.45, 7) is 0.705. The third kappa shape index (κ3) is 6.25. The second-order valence-corrected chi connectivity index (χ2v) is 6.81. The molecule has 1 heterocycles. The molecule has 7 heteroatoms. The average Bonchev–Trinajstić information content (AvgIpc) is 3.10. The summed E-state index contributed by atoms with van der Waals surface area (Å²) < 4.78 is 0. The van der Waals surface area contributed by atoms with Gasteiger partial charge in [-0.25, -0.2) is 9.98 Å². The van der Waals surface area contributed by atoms with Gasteiger partial charge in [0, 0.05) is 34.2 Å². The summed E-state index contributed by atoms with van der Waals surface area (Å²) in [4.78, 5) is 24.6. The summed E-state index contributed by atoms with van der Waals surface area (Å²) in [6, 6.07) is 6.36. The van der Waals surface area contributed by atoms with Gasteiger partial charge in [-0.3, -0.25) is 4.79 Å². The highest BCUT2D eigenvalue weighted by atomic mass is 16.2. The van der Waals surface area contributed by atoms with Crippen LogP contribution in [0.25, 0.3) is 0 Å². The molecular formula is C18H30N6O. The lowest BCUT2D eigenvalue weighted by Crippen LogP contribution is -2.46. The number of amides is 1. The Morgan fingerprint density at radius 1 is 1.24 bits per heavy atom. The van der Waals surface area contributed by atoms with Gasteiger partial charge >= 0.3 is 0 Å². The van der Waals surface area contributed by atoms with E-state index in [0.717, 1.165) is 24.4 Å². The fourth-order valence-electron chi connectivity index (χ4n) is 2.70. The van der Waals surface area contributed by atoms with Crippen molar-refractivity contribution in [2.45, 2.75) is 38.3 Å². The van der Waals surface area contributed by atoms with Crippen molar-refractivity contribution in [1.82, 2.24) is 20.5 Å². The first-order valence-corrected chi connectivity index (χ1v) is 8.84. The van der Waals surface area contributed by atoms with Crippen molar-refractivity contribution in [3.63, 3.8) is 0 Å². The molecule has 0 aliphatic heterocycles. The fourth-order valence-corrected chi connectivity index (χ4v) is 2.70. The molecule has 0 radical (unpaired) electrons. The maximum atomic E-state index is 11.8. The molecule has 1 fully saturated rings. The van der Waals surface area contributed by atoms with Crippen molar-refractivity contribution in [3.05, 3.63) is 23.9 Å². The zero-order valence-electron chi connectivity index (χ0n) is 15.7. The van der Waals surface area contributed by atoms with E-state index < -0.39 is 0 Å². The molecule has 0 saturated heterocycles. The Morgan fingerprint density at radius 3 is 2.60 bits per heavy atom. The highest BCUT2D eigenvalue weighted by Crippen LogP contribution is 2.17. The number of likely N-dealkylation sites (N-methyl/N-ethyl adjacent to an activating group) is 1. The zero-order valence-corrected chi connectivity index (χ0v) is 15.7. The second-order valence-electron chi connectivity index (χ2n) is 6.81. The number of rotatable bonds is 6. The van der Waals surface area contributed by atoms with Crippen molar-refractivity contribution >= 4 is 17.7 Å². The van der Waals surface area contributed by atoms with Crippen LogP contribution in [0.4, 0.5) is 5.82 Å². The molecule has 0 spiro atoms. The lowest BCUT2D eigenvalue weighted by Gasteiger charge is -2.18. The fraction of sp³-hybridized carbons (Fsp3) is 0.611. The van der Waals surface area contributed by atoms with Gasteiger partial charge in [0.15, 0.2) is 5.96 Å². The maximum absolute atomic E-state index is 11.8. The molecule has 1 aromatic heterocycles. The highest BCUT2D eigenvalue weighted by molar-refractivity contribution is 5.86. The Labute approximate surface area is 150 Å². The Morgan fingerprint density at radius 2 is 1.96 bits per heavy atom. The molecule has 0 bridgehead atoms. The lowest BCUT2D eigenvalue weighted by atomic mass is 10.2. The van der Waals surface area contributed by atoms with Gasteiger partial charge in [0.25, 0.3) is 0 Å². The molecular weight excluding hydrogens is 316 g/mol. The van der Waals surface area contributed by atoms with Gasteiger partial charge in [-0.05, 0) is 25.0 Å². The Bertz CT molecular complexity index is 593. The van der Waals surface area contributed by atoms with E-state index in [1.807, 2.05) is 37.2 Å². The number of nitrogens with one attached hydrogen (secondary N) is 2. The number of hydrogen-bond acceptors (Lipinski definition) is 4. The van der Waals surface area contributed by atoms with Crippen LogP contribution in [0.2, 0.25) is 0 Å². The Balaban J connectivity index is 2.03. The van der Waals surface area contributed by atoms with Crippen LogP contribution in [-0.4, -0.2) is 62.5 Å². The van der Waals surface area contributed by atoms with Crippen molar-refractivity contribution in [2.24, 2.45) is 4.99 Å². The lowest BCUT2D eigenvalue weighted by molar-refractivity contribution is -0.127. The number of hydrogen-bond donors (Lipinski definition) is 2. The smallest absolute Gasteiger partial charge is 0.241 e. The number of aliphatic imine (C=N–C) groups is 1. The van der Waals surface area contributed by atoms with Crippen LogP contribution in [0, 0.1) is 0 Å². The number of anilines is 1. The Kier molecular flexibility index (Phi) is 7.03. The van der Waals surface area contributed by atoms with Crippen molar-refractivity contribution in [3.8, 4) is 0 Å². The monoisotopic (exact) mass is 346 g/mol.